The van der Waals surface area contributed by atoms with Crippen LogP contribution in [0.1, 0.15) is 0 Å². The van der Waals surface area contributed by atoms with E-state index < -0.39 is 0 Å². The van der Waals surface area contributed by atoms with Crippen molar-refractivity contribution in [3.63, 3.8) is 0 Å². The smallest absolute Gasteiger partial charge is 0.140 e. The van der Waals surface area contributed by atoms with Gasteiger partial charge in [0, 0.05) is 27.8 Å². The van der Waals surface area contributed by atoms with E-state index in [1.54, 1.807) is 6.20 Å². The minimum absolute atomic E-state index is 0.729. The van der Waals surface area contributed by atoms with E-state index in [0.29, 0.717) is 0 Å². The summed E-state index contributed by atoms with van der Waals surface area (Å²) in [6.45, 7) is 0. The molecular weight excluding hydrogens is 282 g/mol. The van der Waals surface area contributed by atoms with Crippen molar-refractivity contribution in [1.29, 1.82) is 0 Å². The van der Waals surface area contributed by atoms with Crippen LogP contribution >= 0.6 is 11.6 Å². The first-order chi connectivity index (χ1) is 10.3. The number of benzene rings is 2. The molecule has 0 aliphatic heterocycles. The third-order valence-electron chi connectivity index (χ3n) is 3.52. The minimum Gasteiger partial charge on any atom is -0.355 e. The molecule has 0 spiro atoms. The molecule has 0 fully saturated rings. The number of anilines is 2. The Morgan fingerprint density at radius 1 is 0.952 bits per heavy atom. The number of aromatic nitrogens is 2. The number of aromatic amines is 1. The number of rotatable bonds is 2. The normalized spacial score (nSPS) is 11.1. The molecule has 0 aliphatic carbocycles. The van der Waals surface area contributed by atoms with Crippen LogP contribution in [-0.4, -0.2) is 9.97 Å². The Labute approximate surface area is 126 Å². The summed E-state index contributed by atoms with van der Waals surface area (Å²) >= 11 is 5.93. The molecule has 21 heavy (non-hydrogen) atoms. The first-order valence-corrected chi connectivity index (χ1v) is 7.07. The lowest BCUT2D eigenvalue weighted by Crippen LogP contribution is -1.91. The number of pyridine rings is 1. The Balaban J connectivity index is 1.89. The number of para-hydroxylation sites is 1. The molecular formula is C17H12ClN3. The molecule has 102 valence electrons. The van der Waals surface area contributed by atoms with Gasteiger partial charge in [-0.1, -0.05) is 29.8 Å². The summed E-state index contributed by atoms with van der Waals surface area (Å²) in [5.74, 6) is 0. The largest absolute Gasteiger partial charge is 0.355 e. The van der Waals surface area contributed by atoms with E-state index in [0.717, 1.165) is 38.3 Å². The van der Waals surface area contributed by atoms with Crippen LogP contribution in [0.3, 0.4) is 0 Å². The number of hydrogen-bond donors (Lipinski definition) is 2. The molecule has 0 unspecified atom stereocenters. The van der Waals surface area contributed by atoms with Crippen molar-refractivity contribution in [3.05, 3.63) is 65.8 Å². The number of nitrogens with one attached hydrogen (secondary N) is 2. The Morgan fingerprint density at radius 3 is 2.62 bits per heavy atom. The molecule has 0 radical (unpaired) electrons. The van der Waals surface area contributed by atoms with Crippen LogP contribution in [0.15, 0.2) is 60.8 Å². The number of fused-ring (bicyclic) bond motifs is 3. The van der Waals surface area contributed by atoms with Crippen molar-refractivity contribution >= 4 is 44.9 Å². The van der Waals surface area contributed by atoms with Crippen LogP contribution in [0.2, 0.25) is 5.02 Å². The zero-order valence-electron chi connectivity index (χ0n) is 11.1. The van der Waals surface area contributed by atoms with Crippen LogP contribution in [0.25, 0.3) is 21.9 Å². The predicted molar refractivity (Wildman–Crippen MR) is 88.3 cm³/mol. The molecule has 0 saturated carbocycles. The van der Waals surface area contributed by atoms with Crippen LogP contribution in [0, 0.1) is 0 Å². The highest BCUT2D eigenvalue weighted by atomic mass is 35.5. The standard InChI is InChI=1S/C17H12ClN3/c18-11-5-7-12(8-6-11)20-15-9-10-19-17-16(15)13-3-1-2-4-14(13)21-17/h1-10H,(H2,19,20,21). The highest BCUT2D eigenvalue weighted by Crippen LogP contribution is 2.32. The van der Waals surface area contributed by atoms with Gasteiger partial charge in [-0.3, -0.25) is 0 Å². The van der Waals surface area contributed by atoms with E-state index in [-0.39, 0.29) is 0 Å². The third-order valence-corrected chi connectivity index (χ3v) is 3.78. The van der Waals surface area contributed by atoms with Crippen molar-refractivity contribution in [1.82, 2.24) is 9.97 Å². The van der Waals surface area contributed by atoms with E-state index >= 15 is 0 Å². The van der Waals surface area contributed by atoms with Crippen LogP contribution < -0.4 is 5.32 Å². The second kappa shape index (κ2) is 4.79. The fourth-order valence-corrected chi connectivity index (χ4v) is 2.69. The maximum absolute atomic E-state index is 5.93. The molecule has 0 bridgehead atoms. The van der Waals surface area contributed by atoms with Gasteiger partial charge in [0.15, 0.2) is 0 Å². The zero-order valence-corrected chi connectivity index (χ0v) is 11.9. The number of H-pyrrole nitrogens is 1. The van der Waals surface area contributed by atoms with Gasteiger partial charge in [-0.25, -0.2) is 4.98 Å². The summed E-state index contributed by atoms with van der Waals surface area (Å²) in [7, 11) is 0. The average molecular weight is 294 g/mol. The lowest BCUT2D eigenvalue weighted by Gasteiger charge is -2.08. The van der Waals surface area contributed by atoms with Gasteiger partial charge in [-0.15, -0.1) is 0 Å². The zero-order chi connectivity index (χ0) is 14.2. The van der Waals surface area contributed by atoms with E-state index in [1.807, 2.05) is 42.5 Å². The van der Waals surface area contributed by atoms with Gasteiger partial charge >= 0.3 is 0 Å². The molecule has 2 aromatic heterocycles. The molecule has 0 saturated heterocycles. The van der Waals surface area contributed by atoms with Gasteiger partial charge in [0.05, 0.1) is 11.1 Å². The van der Waals surface area contributed by atoms with E-state index in [2.05, 4.69) is 27.4 Å². The predicted octanol–water partition coefficient (Wildman–Crippen LogP) is 5.11. The Bertz CT molecular complexity index is 926. The lowest BCUT2D eigenvalue weighted by atomic mass is 10.1. The Kier molecular flexibility index (Phi) is 2.79. The third kappa shape index (κ3) is 2.12. The van der Waals surface area contributed by atoms with Gasteiger partial charge in [0.1, 0.15) is 5.65 Å². The first kappa shape index (κ1) is 12.2. The average Bonchev–Trinajstić information content (AvgIpc) is 2.89. The summed E-state index contributed by atoms with van der Waals surface area (Å²) in [6, 6.07) is 17.9. The minimum atomic E-state index is 0.729. The Morgan fingerprint density at radius 2 is 1.76 bits per heavy atom. The fraction of sp³-hybridized carbons (Fsp3) is 0. The van der Waals surface area contributed by atoms with Gasteiger partial charge in [-0.05, 0) is 36.4 Å². The maximum atomic E-state index is 5.93. The molecule has 2 heterocycles. The summed E-state index contributed by atoms with van der Waals surface area (Å²) in [5, 5.41) is 6.43. The highest BCUT2D eigenvalue weighted by molar-refractivity contribution is 6.30. The van der Waals surface area contributed by atoms with Crippen molar-refractivity contribution < 1.29 is 0 Å². The quantitative estimate of drug-likeness (QED) is 0.539. The monoisotopic (exact) mass is 293 g/mol. The Hall–Kier alpha value is -2.52. The molecule has 0 amide bonds. The molecule has 2 aromatic carbocycles. The van der Waals surface area contributed by atoms with Crippen molar-refractivity contribution in [2.45, 2.75) is 0 Å². The summed E-state index contributed by atoms with van der Waals surface area (Å²) < 4.78 is 0. The number of nitrogens with zero attached hydrogens (tertiary/aromatic N) is 1. The highest BCUT2D eigenvalue weighted by Gasteiger charge is 2.09. The summed E-state index contributed by atoms with van der Waals surface area (Å²) in [6.07, 6.45) is 1.80. The maximum Gasteiger partial charge on any atom is 0.140 e. The summed E-state index contributed by atoms with van der Waals surface area (Å²) in [4.78, 5) is 7.76. The first-order valence-electron chi connectivity index (χ1n) is 6.69. The van der Waals surface area contributed by atoms with Crippen LogP contribution in [0.4, 0.5) is 11.4 Å². The van der Waals surface area contributed by atoms with E-state index in [1.165, 1.54) is 0 Å². The molecule has 0 atom stereocenters. The van der Waals surface area contributed by atoms with E-state index in [4.69, 9.17) is 11.6 Å². The molecule has 2 N–H and O–H groups in total. The van der Waals surface area contributed by atoms with Gasteiger partial charge < -0.3 is 10.3 Å². The van der Waals surface area contributed by atoms with E-state index in [9.17, 15) is 0 Å². The summed E-state index contributed by atoms with van der Waals surface area (Å²) in [5.41, 5.74) is 4.00. The number of halogens is 1. The molecule has 0 aliphatic rings. The number of hydrogen-bond acceptors (Lipinski definition) is 2. The van der Waals surface area contributed by atoms with Gasteiger partial charge in [0.25, 0.3) is 0 Å². The second-order valence-corrected chi connectivity index (χ2v) is 5.32. The molecule has 4 heteroatoms. The van der Waals surface area contributed by atoms with Crippen molar-refractivity contribution in [2.24, 2.45) is 0 Å². The topological polar surface area (TPSA) is 40.7 Å². The SMILES string of the molecule is Clc1ccc(Nc2ccnc3[nH]c4ccccc4c23)cc1. The van der Waals surface area contributed by atoms with Gasteiger partial charge in [0.2, 0.25) is 0 Å². The fourth-order valence-electron chi connectivity index (χ4n) is 2.56. The van der Waals surface area contributed by atoms with Crippen LogP contribution in [-0.2, 0) is 0 Å². The molecule has 4 rings (SSSR count). The second-order valence-electron chi connectivity index (χ2n) is 4.88. The van der Waals surface area contributed by atoms with Crippen molar-refractivity contribution in [3.8, 4) is 0 Å². The van der Waals surface area contributed by atoms with Crippen molar-refractivity contribution in [2.75, 3.05) is 5.32 Å². The molecule has 3 nitrogen and oxygen atoms in total. The van der Waals surface area contributed by atoms with Gasteiger partial charge in [-0.2, -0.15) is 0 Å². The lowest BCUT2D eigenvalue weighted by molar-refractivity contribution is 1.34. The molecule has 4 aromatic rings. The van der Waals surface area contributed by atoms with Crippen LogP contribution in [0.5, 0.6) is 0 Å².